The minimum atomic E-state index is -1.13. The maximum absolute atomic E-state index is 14.0. The number of nitrogens with two attached hydrogens (primary N) is 1. The normalized spacial score (nSPS) is 31.4. The van der Waals surface area contributed by atoms with Gasteiger partial charge in [0.05, 0.1) is 12.4 Å². The van der Waals surface area contributed by atoms with Crippen LogP contribution in [0.25, 0.3) is 0 Å². The van der Waals surface area contributed by atoms with Gasteiger partial charge in [0.15, 0.2) is 0 Å². The standard InChI is InChI=1S/C32H46N6O7/c1-32(2,3)45-31(43)38-25(6-7-26(38)39)29(41)35-23(30(42)37-8-4-5-24(37)28(33)40)14-22-15-34-16-36(22)17-44-27-20-10-18-9-19(12-20)13-21(27)11-18/h15-16,18-21,23-25,27H,4-14,17H2,1-3H3,(H2,33,40)(H,35,41)/t18?,19?,20?,21?,23-,24-,25-,27?/m0/s1. The Bertz CT molecular complexity index is 1310. The van der Waals surface area contributed by atoms with Gasteiger partial charge in [-0.25, -0.2) is 14.7 Å². The number of hydrogen-bond donors (Lipinski definition) is 2. The molecule has 246 valence electrons. The van der Waals surface area contributed by atoms with E-state index in [1.54, 1.807) is 33.3 Å². The fourth-order valence-corrected chi connectivity index (χ4v) is 8.62. The van der Waals surface area contributed by atoms with Gasteiger partial charge in [-0.1, -0.05) is 0 Å². The Morgan fingerprint density at radius 2 is 1.73 bits per heavy atom. The summed E-state index contributed by atoms with van der Waals surface area (Å²) in [5.74, 6) is 0.640. The number of ether oxygens (including phenoxy) is 2. The molecule has 0 aromatic carbocycles. The summed E-state index contributed by atoms with van der Waals surface area (Å²) in [7, 11) is 0. The molecule has 1 aromatic rings. The van der Waals surface area contributed by atoms with Crippen LogP contribution in [0.2, 0.25) is 0 Å². The number of aromatic nitrogens is 2. The van der Waals surface area contributed by atoms with E-state index in [2.05, 4.69) is 10.3 Å². The summed E-state index contributed by atoms with van der Waals surface area (Å²) in [5.41, 5.74) is 5.43. The molecule has 0 spiro atoms. The van der Waals surface area contributed by atoms with Gasteiger partial charge in [0.2, 0.25) is 23.6 Å². The number of primary amides is 1. The number of imidazole rings is 1. The van der Waals surface area contributed by atoms with Crippen LogP contribution in [0.1, 0.15) is 84.3 Å². The maximum Gasteiger partial charge on any atom is 0.417 e. The Morgan fingerprint density at radius 1 is 1.04 bits per heavy atom. The monoisotopic (exact) mass is 626 g/mol. The van der Waals surface area contributed by atoms with Crippen molar-refractivity contribution >= 4 is 29.7 Å². The van der Waals surface area contributed by atoms with Crippen molar-refractivity contribution in [2.45, 2.75) is 122 Å². The minimum Gasteiger partial charge on any atom is -0.443 e. The number of rotatable bonds is 9. The first kappa shape index (κ1) is 31.5. The van der Waals surface area contributed by atoms with Crippen LogP contribution in [-0.2, 0) is 41.8 Å². The van der Waals surface area contributed by atoms with Crippen LogP contribution in [0, 0.1) is 23.7 Å². The van der Waals surface area contributed by atoms with Gasteiger partial charge in [-0.05, 0) is 95.8 Å². The van der Waals surface area contributed by atoms with Gasteiger partial charge in [-0.2, -0.15) is 0 Å². The zero-order valence-electron chi connectivity index (χ0n) is 26.5. The van der Waals surface area contributed by atoms with E-state index in [1.165, 1.54) is 37.0 Å². The van der Waals surface area contributed by atoms with E-state index in [0.717, 1.165) is 16.7 Å². The van der Waals surface area contributed by atoms with Gasteiger partial charge in [-0.3, -0.25) is 19.2 Å². The minimum absolute atomic E-state index is 0.000570. The molecule has 0 radical (unpaired) electrons. The molecule has 3 heterocycles. The summed E-state index contributed by atoms with van der Waals surface area (Å²) in [4.78, 5) is 71.9. The summed E-state index contributed by atoms with van der Waals surface area (Å²) >= 11 is 0. The third-order valence-corrected chi connectivity index (χ3v) is 10.3. The average molecular weight is 627 g/mol. The number of likely N-dealkylation sites (tertiary alicyclic amines) is 2. The van der Waals surface area contributed by atoms with Gasteiger partial charge < -0.3 is 30.0 Å². The van der Waals surface area contributed by atoms with Crippen molar-refractivity contribution in [2.24, 2.45) is 29.4 Å². The van der Waals surface area contributed by atoms with E-state index in [4.69, 9.17) is 15.2 Å². The molecule has 6 aliphatic rings. The summed E-state index contributed by atoms with van der Waals surface area (Å²) in [6.45, 7) is 5.65. The third kappa shape index (κ3) is 6.59. The predicted octanol–water partition coefficient (Wildman–Crippen LogP) is 2.11. The Labute approximate surface area is 263 Å². The van der Waals surface area contributed by atoms with Crippen LogP contribution in [0.3, 0.4) is 0 Å². The highest BCUT2D eigenvalue weighted by Crippen LogP contribution is 2.54. The van der Waals surface area contributed by atoms with Gasteiger partial charge in [0, 0.05) is 31.3 Å². The molecule has 13 heteroatoms. The molecule has 13 nitrogen and oxygen atoms in total. The first-order valence-corrected chi connectivity index (χ1v) is 16.4. The van der Waals surface area contributed by atoms with Crippen LogP contribution in [0.15, 0.2) is 12.5 Å². The van der Waals surface area contributed by atoms with E-state index in [9.17, 15) is 24.0 Å². The van der Waals surface area contributed by atoms with Crippen molar-refractivity contribution in [3.8, 4) is 0 Å². The molecule has 4 bridgehead atoms. The van der Waals surface area contributed by atoms with E-state index in [0.29, 0.717) is 36.9 Å². The molecule has 2 aliphatic heterocycles. The Kier molecular flexibility index (Phi) is 8.66. The Hall–Kier alpha value is -3.48. The maximum atomic E-state index is 14.0. The molecule has 45 heavy (non-hydrogen) atoms. The fraction of sp³-hybridized carbons (Fsp3) is 0.750. The van der Waals surface area contributed by atoms with Crippen LogP contribution < -0.4 is 11.1 Å². The number of nitrogens with zero attached hydrogens (tertiary/aromatic N) is 4. The topological polar surface area (TPSA) is 166 Å². The molecular weight excluding hydrogens is 580 g/mol. The van der Waals surface area contributed by atoms with Crippen LogP contribution in [0.4, 0.5) is 4.79 Å². The SMILES string of the molecule is CC(C)(C)OC(=O)N1C(=O)CC[C@H]1C(=O)N[C@@H](Cc1cncn1COC1C2CC3CC(C2)CC1C3)C(=O)N1CCC[C@H]1C(N)=O. The van der Waals surface area contributed by atoms with Crippen molar-refractivity contribution in [3.05, 3.63) is 18.2 Å². The highest BCUT2D eigenvalue weighted by molar-refractivity contribution is 6.02. The van der Waals surface area contributed by atoms with Gasteiger partial charge >= 0.3 is 6.09 Å². The van der Waals surface area contributed by atoms with Gasteiger partial charge in [0.1, 0.15) is 30.5 Å². The lowest BCUT2D eigenvalue weighted by Gasteiger charge is -2.53. The van der Waals surface area contributed by atoms with Crippen molar-refractivity contribution < 1.29 is 33.4 Å². The Morgan fingerprint density at radius 3 is 2.38 bits per heavy atom. The lowest BCUT2D eigenvalue weighted by atomic mass is 9.55. The molecule has 3 atom stereocenters. The number of nitrogens with one attached hydrogen (secondary N) is 1. The second-order valence-electron chi connectivity index (χ2n) is 14.7. The summed E-state index contributed by atoms with van der Waals surface area (Å²) in [5, 5.41) is 2.81. The zero-order valence-corrected chi connectivity index (χ0v) is 26.5. The number of carbonyl (C=O) groups is 5. The van der Waals surface area contributed by atoms with E-state index in [-0.39, 0.29) is 32.1 Å². The lowest BCUT2D eigenvalue weighted by Crippen LogP contribution is -2.57. The Balaban J connectivity index is 1.18. The molecule has 5 amide bonds. The third-order valence-electron chi connectivity index (χ3n) is 10.3. The largest absolute Gasteiger partial charge is 0.443 e. The zero-order chi connectivity index (χ0) is 32.0. The van der Waals surface area contributed by atoms with Crippen molar-refractivity contribution in [3.63, 3.8) is 0 Å². The quantitative estimate of drug-likeness (QED) is 0.421. The molecule has 1 aromatic heterocycles. The second kappa shape index (κ2) is 12.4. The molecule has 2 saturated heterocycles. The van der Waals surface area contributed by atoms with Crippen molar-refractivity contribution in [1.82, 2.24) is 24.7 Å². The highest BCUT2D eigenvalue weighted by Gasteiger charge is 2.49. The number of hydrogen-bond acceptors (Lipinski definition) is 8. The molecular formula is C32H46N6O7. The van der Waals surface area contributed by atoms with E-state index < -0.39 is 53.4 Å². The molecule has 0 unspecified atom stereocenters. The average Bonchev–Trinajstić information content (AvgIpc) is 3.70. The molecule has 3 N–H and O–H groups in total. The van der Waals surface area contributed by atoms with Crippen molar-refractivity contribution in [2.75, 3.05) is 6.54 Å². The van der Waals surface area contributed by atoms with Crippen molar-refractivity contribution in [1.29, 1.82) is 0 Å². The number of imide groups is 1. The van der Waals surface area contributed by atoms with Gasteiger partial charge in [0.25, 0.3) is 0 Å². The molecule has 4 saturated carbocycles. The molecule has 4 aliphatic carbocycles. The predicted molar refractivity (Wildman–Crippen MR) is 160 cm³/mol. The van der Waals surface area contributed by atoms with Crippen LogP contribution in [-0.4, -0.2) is 85.4 Å². The first-order chi connectivity index (χ1) is 21.4. The van der Waals surface area contributed by atoms with Gasteiger partial charge in [-0.15, -0.1) is 0 Å². The van der Waals surface area contributed by atoms with Crippen LogP contribution >= 0.6 is 0 Å². The lowest BCUT2D eigenvalue weighted by molar-refractivity contribution is -0.144. The summed E-state index contributed by atoms with van der Waals surface area (Å²) in [6.07, 6.45) is 10.2. The highest BCUT2D eigenvalue weighted by atomic mass is 16.6. The summed E-state index contributed by atoms with van der Waals surface area (Å²) in [6, 6.07) is -2.99. The smallest absolute Gasteiger partial charge is 0.417 e. The van der Waals surface area contributed by atoms with Crippen LogP contribution in [0.5, 0.6) is 0 Å². The summed E-state index contributed by atoms with van der Waals surface area (Å²) < 4.78 is 13.8. The number of amides is 5. The van der Waals surface area contributed by atoms with E-state index >= 15 is 0 Å². The fourth-order valence-electron chi connectivity index (χ4n) is 8.62. The molecule has 7 rings (SSSR count). The molecule has 6 fully saturated rings. The number of carbonyl (C=O) groups excluding carboxylic acids is 5. The first-order valence-electron chi connectivity index (χ1n) is 16.4. The second-order valence-corrected chi connectivity index (χ2v) is 14.7. The van der Waals surface area contributed by atoms with E-state index in [1.807, 2.05) is 4.57 Å².